The van der Waals surface area contributed by atoms with Crippen LogP contribution in [0.15, 0.2) is 5.16 Å². The fraction of sp³-hybridized carbons (Fsp3) is 0.800. The molecule has 1 aromatic rings. The Labute approximate surface area is 113 Å². The van der Waals surface area contributed by atoms with Gasteiger partial charge in [-0.2, -0.15) is 13.2 Å². The van der Waals surface area contributed by atoms with Crippen LogP contribution in [0, 0.1) is 0 Å². The van der Waals surface area contributed by atoms with Crippen LogP contribution in [0.1, 0.15) is 19.2 Å². The number of aromatic nitrogens is 3. The van der Waals surface area contributed by atoms with Crippen LogP contribution in [0.4, 0.5) is 13.2 Å². The van der Waals surface area contributed by atoms with E-state index < -0.39 is 12.8 Å². The second kappa shape index (κ2) is 7.71. The number of halogens is 3. The van der Waals surface area contributed by atoms with E-state index in [-0.39, 0.29) is 6.61 Å². The number of ether oxygens (including phenoxy) is 1. The zero-order valence-corrected chi connectivity index (χ0v) is 11.4. The quantitative estimate of drug-likeness (QED) is 0.586. The molecule has 1 heterocycles. The van der Waals surface area contributed by atoms with Crippen LogP contribution in [0.3, 0.4) is 0 Å². The third kappa shape index (κ3) is 5.79. The second-order valence-electron chi connectivity index (χ2n) is 3.72. The van der Waals surface area contributed by atoms with Crippen LogP contribution in [-0.2, 0) is 17.8 Å². The highest BCUT2D eigenvalue weighted by atomic mass is 32.2. The van der Waals surface area contributed by atoms with E-state index in [1.165, 1.54) is 11.8 Å². The summed E-state index contributed by atoms with van der Waals surface area (Å²) in [5, 5.41) is 8.66. The molecule has 0 atom stereocenters. The van der Waals surface area contributed by atoms with Gasteiger partial charge in [0.1, 0.15) is 12.4 Å². The molecule has 1 rings (SSSR count). The van der Waals surface area contributed by atoms with E-state index in [0.29, 0.717) is 31.1 Å². The number of nitrogens with two attached hydrogens (primary N) is 1. The lowest BCUT2D eigenvalue weighted by atomic mass is 10.5. The summed E-state index contributed by atoms with van der Waals surface area (Å²) in [5.74, 6) is 1.33. The van der Waals surface area contributed by atoms with E-state index in [1.54, 1.807) is 0 Å². The number of thioether (sulfide) groups is 1. The van der Waals surface area contributed by atoms with Crippen LogP contribution in [0.5, 0.6) is 0 Å². The normalized spacial score (nSPS) is 12.1. The van der Waals surface area contributed by atoms with Gasteiger partial charge in [-0.3, -0.25) is 0 Å². The van der Waals surface area contributed by atoms with E-state index in [4.69, 9.17) is 5.73 Å². The minimum Gasteiger partial charge on any atom is -0.372 e. The van der Waals surface area contributed by atoms with Crippen LogP contribution < -0.4 is 5.73 Å². The van der Waals surface area contributed by atoms with Gasteiger partial charge in [-0.15, -0.1) is 10.2 Å². The minimum absolute atomic E-state index is 0.0799. The summed E-state index contributed by atoms with van der Waals surface area (Å²) in [6.07, 6.45) is -3.74. The van der Waals surface area contributed by atoms with Gasteiger partial charge in [-0.05, 0) is 13.3 Å². The fourth-order valence-electron chi connectivity index (χ4n) is 1.41. The van der Waals surface area contributed by atoms with Crippen molar-refractivity contribution in [3.8, 4) is 0 Å². The van der Waals surface area contributed by atoms with Crippen molar-refractivity contribution in [2.24, 2.45) is 5.73 Å². The number of alkyl halides is 3. The standard InChI is InChI=1S/C10H17F3N4OS/c1-2-17-8(6-14)15-16-9(17)19-5-3-4-18-7-10(11,12)13/h2-7,14H2,1H3. The van der Waals surface area contributed by atoms with Crippen LogP contribution in [0.2, 0.25) is 0 Å². The van der Waals surface area contributed by atoms with Gasteiger partial charge in [0.15, 0.2) is 5.16 Å². The van der Waals surface area contributed by atoms with Gasteiger partial charge >= 0.3 is 6.18 Å². The molecule has 0 radical (unpaired) electrons. The Morgan fingerprint density at radius 3 is 2.68 bits per heavy atom. The molecule has 0 amide bonds. The third-order valence-electron chi connectivity index (χ3n) is 2.22. The largest absolute Gasteiger partial charge is 0.411 e. The van der Waals surface area contributed by atoms with Crippen molar-refractivity contribution < 1.29 is 17.9 Å². The fourth-order valence-corrected chi connectivity index (χ4v) is 2.34. The summed E-state index contributed by atoms with van der Waals surface area (Å²) < 4.78 is 41.8. The molecule has 0 spiro atoms. The molecular formula is C10H17F3N4OS. The average Bonchev–Trinajstić information content (AvgIpc) is 2.74. The van der Waals surface area contributed by atoms with Crippen molar-refractivity contribution in [3.63, 3.8) is 0 Å². The predicted molar refractivity (Wildman–Crippen MR) is 65.8 cm³/mol. The van der Waals surface area contributed by atoms with Crippen molar-refractivity contribution >= 4 is 11.8 Å². The maximum atomic E-state index is 11.8. The molecule has 0 aliphatic rings. The Balaban J connectivity index is 2.24. The Morgan fingerprint density at radius 1 is 1.37 bits per heavy atom. The molecule has 9 heteroatoms. The Bertz CT molecular complexity index is 383. The zero-order chi connectivity index (χ0) is 14.3. The summed E-state index contributed by atoms with van der Waals surface area (Å²) in [6.45, 7) is 1.87. The van der Waals surface area contributed by atoms with Crippen molar-refractivity contribution in [2.75, 3.05) is 19.0 Å². The molecular weight excluding hydrogens is 281 g/mol. The van der Waals surface area contributed by atoms with E-state index in [9.17, 15) is 13.2 Å². The molecule has 0 saturated heterocycles. The van der Waals surface area contributed by atoms with Crippen LogP contribution >= 0.6 is 11.8 Å². The monoisotopic (exact) mass is 298 g/mol. The number of rotatable bonds is 8. The Kier molecular flexibility index (Phi) is 6.59. The molecule has 2 N–H and O–H groups in total. The number of nitrogens with zero attached hydrogens (tertiary/aromatic N) is 3. The number of hydrogen-bond acceptors (Lipinski definition) is 5. The molecule has 0 fully saturated rings. The SMILES string of the molecule is CCn1c(CN)nnc1SCCCOCC(F)(F)F. The lowest BCUT2D eigenvalue weighted by Crippen LogP contribution is -2.17. The van der Waals surface area contributed by atoms with E-state index in [0.717, 1.165) is 5.16 Å². The van der Waals surface area contributed by atoms with Gasteiger partial charge in [0.2, 0.25) is 0 Å². The molecule has 5 nitrogen and oxygen atoms in total. The summed E-state index contributed by atoms with van der Waals surface area (Å²) in [5.41, 5.74) is 5.52. The van der Waals surface area contributed by atoms with E-state index in [1.807, 2.05) is 11.5 Å². The van der Waals surface area contributed by atoms with Crippen LogP contribution in [-0.4, -0.2) is 39.9 Å². The third-order valence-corrected chi connectivity index (χ3v) is 3.28. The molecule has 0 aliphatic carbocycles. The molecule has 0 unspecified atom stereocenters. The van der Waals surface area contributed by atoms with Crippen LogP contribution in [0.25, 0.3) is 0 Å². The van der Waals surface area contributed by atoms with Gasteiger partial charge in [0.25, 0.3) is 0 Å². The molecule has 19 heavy (non-hydrogen) atoms. The molecule has 0 saturated carbocycles. The predicted octanol–water partition coefficient (Wildman–Crippen LogP) is 1.82. The zero-order valence-electron chi connectivity index (χ0n) is 10.6. The van der Waals surface area contributed by atoms with Crippen molar-refractivity contribution in [3.05, 3.63) is 5.82 Å². The lowest BCUT2D eigenvalue weighted by molar-refractivity contribution is -0.173. The Morgan fingerprint density at radius 2 is 2.11 bits per heavy atom. The van der Waals surface area contributed by atoms with Crippen molar-refractivity contribution in [2.45, 2.75) is 37.8 Å². The summed E-state index contributed by atoms with van der Waals surface area (Å²) in [6, 6.07) is 0. The first-order chi connectivity index (χ1) is 8.98. The maximum absolute atomic E-state index is 11.8. The summed E-state index contributed by atoms with van der Waals surface area (Å²) >= 11 is 1.44. The first-order valence-electron chi connectivity index (χ1n) is 5.87. The molecule has 110 valence electrons. The summed E-state index contributed by atoms with van der Waals surface area (Å²) in [7, 11) is 0. The van der Waals surface area contributed by atoms with Gasteiger partial charge in [-0.25, -0.2) is 0 Å². The highest BCUT2D eigenvalue weighted by molar-refractivity contribution is 7.99. The highest BCUT2D eigenvalue weighted by Crippen LogP contribution is 2.18. The van der Waals surface area contributed by atoms with Gasteiger partial charge in [0, 0.05) is 18.9 Å². The molecule has 1 aromatic heterocycles. The molecule has 0 aromatic carbocycles. The molecule has 0 aliphatic heterocycles. The number of hydrogen-bond donors (Lipinski definition) is 1. The minimum atomic E-state index is -4.26. The summed E-state index contributed by atoms with van der Waals surface area (Å²) in [4.78, 5) is 0. The lowest BCUT2D eigenvalue weighted by Gasteiger charge is -2.08. The highest BCUT2D eigenvalue weighted by Gasteiger charge is 2.27. The smallest absolute Gasteiger partial charge is 0.372 e. The first-order valence-corrected chi connectivity index (χ1v) is 6.86. The topological polar surface area (TPSA) is 66.0 Å². The van der Waals surface area contributed by atoms with Crippen molar-refractivity contribution in [1.82, 2.24) is 14.8 Å². The van der Waals surface area contributed by atoms with E-state index in [2.05, 4.69) is 14.9 Å². The maximum Gasteiger partial charge on any atom is 0.411 e. The first kappa shape index (κ1) is 16.3. The van der Waals surface area contributed by atoms with E-state index >= 15 is 0 Å². The van der Waals surface area contributed by atoms with Gasteiger partial charge in [-0.1, -0.05) is 11.8 Å². The molecule has 0 bridgehead atoms. The second-order valence-corrected chi connectivity index (χ2v) is 4.78. The van der Waals surface area contributed by atoms with Gasteiger partial charge < -0.3 is 15.0 Å². The van der Waals surface area contributed by atoms with Crippen molar-refractivity contribution in [1.29, 1.82) is 0 Å². The van der Waals surface area contributed by atoms with Gasteiger partial charge in [0.05, 0.1) is 6.54 Å². The Hall–Kier alpha value is -0.800. The average molecular weight is 298 g/mol.